The molecule has 1 unspecified atom stereocenters. The first-order chi connectivity index (χ1) is 14.9. The number of thiophene rings is 1. The molecule has 9 nitrogen and oxygen atoms in total. The zero-order valence-electron chi connectivity index (χ0n) is 16.4. The number of ether oxygens (including phenoxy) is 1. The second kappa shape index (κ2) is 8.95. The maximum absolute atomic E-state index is 13.1. The van der Waals surface area contributed by atoms with E-state index in [4.69, 9.17) is 20.8 Å². The van der Waals surface area contributed by atoms with Crippen molar-refractivity contribution in [3.63, 3.8) is 0 Å². The molecule has 1 aliphatic heterocycles. The van der Waals surface area contributed by atoms with Crippen LogP contribution in [0.2, 0.25) is 4.34 Å². The van der Waals surface area contributed by atoms with Gasteiger partial charge in [0, 0.05) is 12.1 Å². The number of hydrogen-bond donors (Lipinski definition) is 1. The number of methoxy groups -OCH3 is 1. The van der Waals surface area contributed by atoms with Crippen molar-refractivity contribution in [1.82, 2.24) is 14.5 Å². The minimum Gasteiger partial charge on any atom is -0.497 e. The predicted octanol–water partition coefficient (Wildman–Crippen LogP) is 3.64. The first-order valence-corrected chi connectivity index (χ1v) is 12.1. The molecule has 0 aliphatic carbocycles. The Morgan fingerprint density at radius 1 is 1.29 bits per heavy atom. The highest BCUT2D eigenvalue weighted by atomic mass is 35.5. The molecule has 0 radical (unpaired) electrons. The van der Waals surface area contributed by atoms with E-state index in [9.17, 15) is 13.2 Å². The number of hydrogen-bond acceptors (Lipinski definition) is 8. The molecule has 1 saturated heterocycles. The fourth-order valence-electron chi connectivity index (χ4n) is 3.34. The van der Waals surface area contributed by atoms with Crippen LogP contribution in [0.1, 0.15) is 19.3 Å². The van der Waals surface area contributed by atoms with E-state index in [-0.39, 0.29) is 22.7 Å². The maximum Gasteiger partial charge on any atom is 0.322 e. The van der Waals surface area contributed by atoms with Gasteiger partial charge in [0.05, 0.1) is 11.4 Å². The fourth-order valence-corrected chi connectivity index (χ4v) is 6.61. The Hall–Kier alpha value is -2.47. The molecule has 31 heavy (non-hydrogen) atoms. The number of rotatable bonds is 6. The summed E-state index contributed by atoms with van der Waals surface area (Å²) in [7, 11) is -2.30. The summed E-state index contributed by atoms with van der Waals surface area (Å²) in [6, 6.07) is 9.03. The molecule has 1 aliphatic rings. The largest absolute Gasteiger partial charge is 0.497 e. The normalized spacial score (nSPS) is 17.4. The standard InChI is InChI=1S/C19H19ClN4O5S2/c1-28-13-6-4-5-12(11-13)18-22-23-19(29-18)21-17(25)14-7-2-3-10-24(14)31(26,27)16-9-8-15(20)30-16/h4-6,8-9,11,14H,2-3,7,10H2,1H3,(H,21,23,25). The molecule has 2 aromatic heterocycles. The number of anilines is 1. The van der Waals surface area contributed by atoms with Crippen LogP contribution in [0.3, 0.4) is 0 Å². The average Bonchev–Trinajstić information content (AvgIpc) is 3.43. The molecule has 0 bridgehead atoms. The summed E-state index contributed by atoms with van der Waals surface area (Å²) in [4.78, 5) is 12.9. The topological polar surface area (TPSA) is 115 Å². The van der Waals surface area contributed by atoms with E-state index in [2.05, 4.69) is 15.5 Å². The lowest BCUT2D eigenvalue weighted by Crippen LogP contribution is -2.49. The molecule has 3 aromatic rings. The van der Waals surface area contributed by atoms with E-state index in [1.54, 1.807) is 31.4 Å². The highest BCUT2D eigenvalue weighted by Gasteiger charge is 2.38. The van der Waals surface area contributed by atoms with Gasteiger partial charge in [0.25, 0.3) is 10.0 Å². The molecule has 3 heterocycles. The van der Waals surface area contributed by atoms with Crippen molar-refractivity contribution in [3.05, 3.63) is 40.7 Å². The van der Waals surface area contributed by atoms with Gasteiger partial charge in [-0.25, -0.2) is 8.42 Å². The number of piperidine rings is 1. The summed E-state index contributed by atoms with van der Waals surface area (Å²) in [6.45, 7) is 0.245. The lowest BCUT2D eigenvalue weighted by atomic mass is 10.0. The van der Waals surface area contributed by atoms with Crippen LogP contribution in [0.15, 0.2) is 45.0 Å². The quantitative estimate of drug-likeness (QED) is 0.570. The zero-order valence-corrected chi connectivity index (χ0v) is 18.8. The summed E-state index contributed by atoms with van der Waals surface area (Å²) < 4.78 is 38.5. The van der Waals surface area contributed by atoms with Crippen LogP contribution in [-0.2, 0) is 14.8 Å². The van der Waals surface area contributed by atoms with Gasteiger partial charge in [-0.3, -0.25) is 10.1 Å². The van der Waals surface area contributed by atoms with Gasteiger partial charge >= 0.3 is 6.01 Å². The van der Waals surface area contributed by atoms with Crippen molar-refractivity contribution in [2.75, 3.05) is 19.0 Å². The van der Waals surface area contributed by atoms with Crippen LogP contribution in [0.4, 0.5) is 6.01 Å². The molecule has 164 valence electrons. The molecule has 0 saturated carbocycles. The van der Waals surface area contributed by atoms with Crippen molar-refractivity contribution in [2.24, 2.45) is 0 Å². The maximum atomic E-state index is 13.1. The van der Waals surface area contributed by atoms with E-state index in [1.165, 1.54) is 16.4 Å². The van der Waals surface area contributed by atoms with Crippen LogP contribution in [0, 0.1) is 0 Å². The Labute approximate surface area is 188 Å². The summed E-state index contributed by atoms with van der Waals surface area (Å²) in [5.41, 5.74) is 0.629. The van der Waals surface area contributed by atoms with Gasteiger partial charge in [-0.2, -0.15) is 4.31 Å². The molecule has 4 rings (SSSR count). The monoisotopic (exact) mass is 482 g/mol. The molecule has 1 atom stereocenters. The number of nitrogens with one attached hydrogen (secondary N) is 1. The number of sulfonamides is 1. The molecule has 12 heteroatoms. The van der Waals surface area contributed by atoms with E-state index in [0.717, 1.165) is 17.8 Å². The van der Waals surface area contributed by atoms with Gasteiger partial charge in [0.15, 0.2) is 0 Å². The number of carbonyl (C=O) groups is 1. The van der Waals surface area contributed by atoms with Crippen molar-refractivity contribution in [2.45, 2.75) is 29.5 Å². The van der Waals surface area contributed by atoms with Crippen LogP contribution < -0.4 is 10.1 Å². The van der Waals surface area contributed by atoms with Gasteiger partial charge in [-0.1, -0.05) is 29.2 Å². The molecule has 0 spiro atoms. The first kappa shape index (κ1) is 21.8. The number of amides is 1. The van der Waals surface area contributed by atoms with Crippen molar-refractivity contribution in [1.29, 1.82) is 0 Å². The fraction of sp³-hybridized carbons (Fsp3) is 0.316. The lowest BCUT2D eigenvalue weighted by Gasteiger charge is -2.32. The Balaban J connectivity index is 1.52. The number of benzene rings is 1. The summed E-state index contributed by atoms with van der Waals surface area (Å²) in [6.07, 6.45) is 1.79. The number of aromatic nitrogens is 2. The minimum atomic E-state index is -3.85. The van der Waals surface area contributed by atoms with Gasteiger partial charge in [0.2, 0.25) is 11.8 Å². The third-order valence-corrected chi connectivity index (χ3v) is 8.45. The van der Waals surface area contributed by atoms with E-state index >= 15 is 0 Å². The molecular weight excluding hydrogens is 464 g/mol. The van der Waals surface area contributed by atoms with Gasteiger partial charge in [-0.15, -0.1) is 16.4 Å². The van der Waals surface area contributed by atoms with Gasteiger partial charge in [-0.05, 0) is 43.2 Å². The smallest absolute Gasteiger partial charge is 0.322 e. The van der Waals surface area contributed by atoms with Crippen LogP contribution in [-0.4, -0.2) is 48.5 Å². The molecular formula is C19H19ClN4O5S2. The zero-order chi connectivity index (χ0) is 22.0. The Morgan fingerprint density at radius 2 is 2.13 bits per heavy atom. The second-order valence-corrected chi connectivity index (χ2v) is 10.7. The molecule has 1 fully saturated rings. The van der Waals surface area contributed by atoms with Crippen LogP contribution in [0.25, 0.3) is 11.5 Å². The van der Waals surface area contributed by atoms with Crippen LogP contribution >= 0.6 is 22.9 Å². The van der Waals surface area contributed by atoms with Gasteiger partial charge < -0.3 is 9.15 Å². The van der Waals surface area contributed by atoms with Gasteiger partial charge in [0.1, 0.15) is 16.0 Å². The number of carbonyl (C=O) groups excluding carboxylic acids is 1. The van der Waals surface area contributed by atoms with Crippen LogP contribution in [0.5, 0.6) is 5.75 Å². The second-order valence-electron chi connectivity index (χ2n) is 6.82. The lowest BCUT2D eigenvalue weighted by molar-refractivity contribution is -0.120. The van der Waals surface area contributed by atoms with E-state index in [1.807, 2.05) is 0 Å². The predicted molar refractivity (Wildman–Crippen MR) is 116 cm³/mol. The highest BCUT2D eigenvalue weighted by Crippen LogP contribution is 2.32. The van der Waals surface area contributed by atoms with E-state index < -0.39 is 22.0 Å². The first-order valence-electron chi connectivity index (χ1n) is 9.44. The average molecular weight is 483 g/mol. The summed E-state index contributed by atoms with van der Waals surface area (Å²) >= 11 is 6.87. The minimum absolute atomic E-state index is 0.107. The highest BCUT2D eigenvalue weighted by molar-refractivity contribution is 7.91. The Kier molecular flexibility index (Phi) is 6.28. The third kappa shape index (κ3) is 4.59. The van der Waals surface area contributed by atoms with Crippen molar-refractivity contribution < 1.29 is 22.4 Å². The van der Waals surface area contributed by atoms with E-state index in [0.29, 0.717) is 28.5 Å². The molecule has 1 N–H and O–H groups in total. The number of nitrogens with zero attached hydrogens (tertiary/aromatic N) is 3. The SMILES string of the molecule is COc1cccc(-c2nnc(NC(=O)C3CCCCN3S(=O)(=O)c3ccc(Cl)s3)o2)c1. The van der Waals surface area contributed by atoms with Crippen molar-refractivity contribution >= 4 is 44.9 Å². The summed E-state index contributed by atoms with van der Waals surface area (Å²) in [5.74, 6) is 0.306. The summed E-state index contributed by atoms with van der Waals surface area (Å²) in [5, 5.41) is 10.4. The van der Waals surface area contributed by atoms with Crippen molar-refractivity contribution in [3.8, 4) is 17.2 Å². The molecule has 1 aromatic carbocycles. The molecule has 1 amide bonds. The third-order valence-electron chi connectivity index (χ3n) is 4.84. The Morgan fingerprint density at radius 3 is 2.87 bits per heavy atom. The Bertz CT molecular complexity index is 1190. The number of halogens is 1.